The summed E-state index contributed by atoms with van der Waals surface area (Å²) in [6.45, 7) is 11.7. The first-order valence-corrected chi connectivity index (χ1v) is 12.4. The first-order valence-electron chi connectivity index (χ1n) is 12.4. The molecular formula is C27H42N6O3. The molecule has 2 N–H and O–H groups in total. The van der Waals surface area contributed by atoms with Crippen molar-refractivity contribution < 1.29 is 14.4 Å². The molecule has 0 saturated heterocycles. The van der Waals surface area contributed by atoms with Crippen LogP contribution < -0.4 is 10.6 Å². The number of anilines is 1. The molecule has 0 aliphatic rings. The van der Waals surface area contributed by atoms with Gasteiger partial charge >= 0.3 is 11.8 Å². The van der Waals surface area contributed by atoms with Crippen LogP contribution in [0.2, 0.25) is 0 Å². The number of imidazole rings is 1. The highest BCUT2D eigenvalue weighted by atomic mass is 16.2. The van der Waals surface area contributed by atoms with Crippen LogP contribution in [0.15, 0.2) is 54.6 Å². The van der Waals surface area contributed by atoms with Crippen LogP contribution in [-0.4, -0.2) is 70.6 Å². The van der Waals surface area contributed by atoms with Crippen molar-refractivity contribution in [3.8, 4) is 0 Å². The van der Waals surface area contributed by atoms with E-state index >= 15 is 0 Å². The Labute approximate surface area is 215 Å². The van der Waals surface area contributed by atoms with Crippen molar-refractivity contribution in [2.45, 2.75) is 47.5 Å². The van der Waals surface area contributed by atoms with Crippen LogP contribution in [0, 0.1) is 5.92 Å². The highest BCUT2D eigenvalue weighted by molar-refractivity contribution is 6.39. The molecule has 36 heavy (non-hydrogen) atoms. The molecule has 0 bridgehead atoms. The summed E-state index contributed by atoms with van der Waals surface area (Å²) in [5.41, 5.74) is 2.17. The molecule has 0 aromatic carbocycles. The lowest BCUT2D eigenvalue weighted by Crippen LogP contribution is -2.41. The predicted molar refractivity (Wildman–Crippen MR) is 145 cm³/mol. The van der Waals surface area contributed by atoms with Crippen molar-refractivity contribution >= 4 is 29.1 Å². The van der Waals surface area contributed by atoms with E-state index in [1.54, 1.807) is 29.4 Å². The van der Waals surface area contributed by atoms with E-state index in [0.29, 0.717) is 31.1 Å². The molecule has 9 nitrogen and oxygen atoms in total. The second-order valence-corrected chi connectivity index (χ2v) is 9.09. The van der Waals surface area contributed by atoms with E-state index in [9.17, 15) is 14.4 Å². The summed E-state index contributed by atoms with van der Waals surface area (Å²) in [6.07, 6.45) is 12.7. The summed E-state index contributed by atoms with van der Waals surface area (Å²) >= 11 is 0. The SMILES string of the molecule is CC/C=C\C=C(/C)NC(=O)CCN(C)C.CCN(CC(C)C)C(=O)C(=O)Nc1ccn2ccnc2c1. The van der Waals surface area contributed by atoms with Gasteiger partial charge in [0.25, 0.3) is 0 Å². The number of allylic oxidation sites excluding steroid dienone is 4. The smallest absolute Gasteiger partial charge is 0.313 e. The molecule has 2 aromatic heterocycles. The minimum absolute atomic E-state index is 0.0716. The van der Waals surface area contributed by atoms with Crippen LogP contribution >= 0.6 is 0 Å². The number of nitrogens with one attached hydrogen (secondary N) is 2. The van der Waals surface area contributed by atoms with Gasteiger partial charge < -0.3 is 24.8 Å². The van der Waals surface area contributed by atoms with Crippen molar-refractivity contribution in [2.24, 2.45) is 5.92 Å². The van der Waals surface area contributed by atoms with Crippen molar-refractivity contribution in [1.29, 1.82) is 0 Å². The minimum atomic E-state index is -0.617. The van der Waals surface area contributed by atoms with E-state index in [2.05, 4.69) is 28.6 Å². The molecule has 2 heterocycles. The molecule has 0 radical (unpaired) electrons. The third-order valence-electron chi connectivity index (χ3n) is 4.95. The van der Waals surface area contributed by atoms with Gasteiger partial charge in [-0.25, -0.2) is 4.98 Å². The summed E-state index contributed by atoms with van der Waals surface area (Å²) in [5.74, 6) is -0.729. The van der Waals surface area contributed by atoms with Crippen molar-refractivity contribution in [3.63, 3.8) is 0 Å². The Morgan fingerprint density at radius 1 is 1.17 bits per heavy atom. The number of pyridine rings is 1. The predicted octanol–water partition coefficient (Wildman–Crippen LogP) is 3.70. The number of aromatic nitrogens is 2. The standard InChI is InChI=1S/C15H20N4O2.C12H22N2O/c1-4-18(10-11(2)3)15(21)14(20)17-12-5-7-19-8-6-16-13(19)9-12;1-5-6-7-8-11(2)13-12(15)9-10-14(3)4/h5-9,11H,4,10H2,1-3H3,(H,17,20);6-8H,5,9-10H2,1-4H3,(H,13,15)/b;7-6-,11-8+. The number of likely N-dealkylation sites (N-methyl/N-ethyl adjacent to an activating group) is 1. The normalized spacial score (nSPS) is 11.5. The van der Waals surface area contributed by atoms with Gasteiger partial charge in [-0.1, -0.05) is 32.9 Å². The zero-order chi connectivity index (χ0) is 27.1. The van der Waals surface area contributed by atoms with E-state index in [1.807, 2.05) is 69.4 Å². The maximum Gasteiger partial charge on any atom is 0.313 e. The number of rotatable bonds is 10. The van der Waals surface area contributed by atoms with Gasteiger partial charge in [-0.05, 0) is 52.4 Å². The maximum absolute atomic E-state index is 12.1. The molecule has 0 fully saturated rings. The number of hydrogen-bond acceptors (Lipinski definition) is 5. The van der Waals surface area contributed by atoms with E-state index in [-0.39, 0.29) is 5.91 Å². The average molecular weight is 499 g/mol. The molecule has 0 aliphatic carbocycles. The molecule has 9 heteroatoms. The number of hydrogen-bond donors (Lipinski definition) is 2. The molecule has 0 saturated carbocycles. The summed E-state index contributed by atoms with van der Waals surface area (Å²) < 4.78 is 1.83. The topological polar surface area (TPSA) is 99.0 Å². The van der Waals surface area contributed by atoms with E-state index < -0.39 is 11.8 Å². The zero-order valence-electron chi connectivity index (χ0n) is 22.7. The van der Waals surface area contributed by atoms with Crippen molar-refractivity contribution in [3.05, 3.63) is 54.6 Å². The number of amides is 3. The third-order valence-corrected chi connectivity index (χ3v) is 4.95. The Morgan fingerprint density at radius 3 is 2.50 bits per heavy atom. The number of nitrogens with zero attached hydrogens (tertiary/aromatic N) is 4. The minimum Gasteiger partial charge on any atom is -0.334 e. The maximum atomic E-state index is 12.1. The summed E-state index contributed by atoms with van der Waals surface area (Å²) in [4.78, 5) is 43.2. The van der Waals surface area contributed by atoms with Gasteiger partial charge in [0.15, 0.2) is 0 Å². The largest absolute Gasteiger partial charge is 0.334 e. The second-order valence-electron chi connectivity index (χ2n) is 9.09. The van der Waals surface area contributed by atoms with Crippen LogP contribution in [0.25, 0.3) is 5.65 Å². The highest BCUT2D eigenvalue weighted by Crippen LogP contribution is 2.11. The van der Waals surface area contributed by atoms with Gasteiger partial charge in [0.2, 0.25) is 5.91 Å². The number of carbonyl (C=O) groups excluding carboxylic acids is 3. The van der Waals surface area contributed by atoms with Gasteiger partial charge in [0.1, 0.15) is 5.65 Å². The van der Waals surface area contributed by atoms with Gasteiger partial charge in [0.05, 0.1) is 0 Å². The number of fused-ring (bicyclic) bond motifs is 1. The second kappa shape index (κ2) is 16.3. The lowest BCUT2D eigenvalue weighted by molar-refractivity contribution is -0.143. The molecule has 2 rings (SSSR count). The van der Waals surface area contributed by atoms with Gasteiger partial charge in [-0.15, -0.1) is 0 Å². The van der Waals surface area contributed by atoms with Gasteiger partial charge in [-0.2, -0.15) is 0 Å². The fourth-order valence-corrected chi connectivity index (χ4v) is 3.11. The molecule has 0 aliphatic heterocycles. The van der Waals surface area contributed by atoms with Gasteiger partial charge in [-0.3, -0.25) is 14.4 Å². The van der Waals surface area contributed by atoms with Crippen molar-refractivity contribution in [2.75, 3.05) is 39.0 Å². The van der Waals surface area contributed by atoms with Crippen LogP contribution in [0.1, 0.15) is 47.5 Å². The third kappa shape index (κ3) is 11.8. The summed E-state index contributed by atoms with van der Waals surface area (Å²) in [7, 11) is 3.92. The monoisotopic (exact) mass is 498 g/mol. The van der Waals surface area contributed by atoms with Crippen molar-refractivity contribution in [1.82, 2.24) is 24.5 Å². The Hall–Kier alpha value is -3.46. The lowest BCUT2D eigenvalue weighted by Gasteiger charge is -2.22. The Morgan fingerprint density at radius 2 is 1.89 bits per heavy atom. The van der Waals surface area contributed by atoms with Crippen LogP contribution in [0.5, 0.6) is 0 Å². The van der Waals surface area contributed by atoms with E-state index in [0.717, 1.165) is 24.3 Å². The quantitative estimate of drug-likeness (QED) is 0.384. The summed E-state index contributed by atoms with van der Waals surface area (Å²) in [6, 6.07) is 3.46. The lowest BCUT2D eigenvalue weighted by atomic mass is 10.2. The average Bonchev–Trinajstić information content (AvgIpc) is 3.29. The fourth-order valence-electron chi connectivity index (χ4n) is 3.11. The van der Waals surface area contributed by atoms with Crippen LogP contribution in [-0.2, 0) is 14.4 Å². The molecule has 198 valence electrons. The molecule has 3 amide bonds. The molecule has 0 atom stereocenters. The molecule has 0 spiro atoms. The first-order chi connectivity index (χ1) is 17.1. The molecule has 2 aromatic rings. The van der Waals surface area contributed by atoms with Gasteiger partial charge in [0, 0.05) is 62.1 Å². The fraction of sp³-hybridized carbons (Fsp3) is 0.481. The Balaban J connectivity index is 0.000000384. The molecule has 0 unspecified atom stereocenters. The van der Waals surface area contributed by atoms with E-state index in [1.165, 1.54) is 0 Å². The van der Waals surface area contributed by atoms with Crippen LogP contribution in [0.3, 0.4) is 0 Å². The first kappa shape index (κ1) is 30.6. The number of carbonyl (C=O) groups is 3. The molecular weight excluding hydrogens is 456 g/mol. The Bertz CT molecular complexity index is 1040. The van der Waals surface area contributed by atoms with Crippen LogP contribution in [0.4, 0.5) is 5.69 Å². The highest BCUT2D eigenvalue weighted by Gasteiger charge is 2.21. The summed E-state index contributed by atoms with van der Waals surface area (Å²) in [5, 5.41) is 5.47. The van der Waals surface area contributed by atoms with E-state index in [4.69, 9.17) is 0 Å². The Kier molecular flexibility index (Phi) is 13.8. The zero-order valence-corrected chi connectivity index (χ0v) is 22.7.